The van der Waals surface area contributed by atoms with Gasteiger partial charge in [-0.05, 0) is 28.1 Å². The summed E-state index contributed by atoms with van der Waals surface area (Å²) in [4.78, 5) is 17.8. The van der Waals surface area contributed by atoms with Gasteiger partial charge in [0.05, 0.1) is 9.40 Å². The molecule has 0 bridgehead atoms. The molecule has 1 heterocycles. The van der Waals surface area contributed by atoms with E-state index in [2.05, 4.69) is 31.2 Å². The van der Waals surface area contributed by atoms with Crippen molar-refractivity contribution in [3.8, 4) is 11.6 Å². The minimum atomic E-state index is -0.679. The van der Waals surface area contributed by atoms with Gasteiger partial charge in [0.15, 0.2) is 0 Å². The molecule has 2 rings (SSSR count). The fourth-order valence-electron chi connectivity index (χ4n) is 1.34. The zero-order chi connectivity index (χ0) is 14.7. The van der Waals surface area contributed by atoms with Gasteiger partial charge in [-0.25, -0.2) is 9.37 Å². The maximum absolute atomic E-state index is 13.2. The maximum atomic E-state index is 13.2. The molecule has 0 atom stereocenters. The average Bonchev–Trinajstić information content (AvgIpc) is 2.42. The van der Waals surface area contributed by atoms with E-state index in [1.807, 2.05) is 0 Å². The smallest absolute Gasteiger partial charge is 0.349 e. The Balaban J connectivity index is 2.45. The van der Waals surface area contributed by atoms with Crippen LogP contribution in [-0.2, 0) is 0 Å². The lowest BCUT2D eigenvalue weighted by Crippen LogP contribution is -2.02. The van der Waals surface area contributed by atoms with E-state index in [1.54, 1.807) is 7.05 Å². The van der Waals surface area contributed by atoms with Crippen LogP contribution < -0.4 is 10.1 Å². The molecule has 0 aliphatic heterocycles. The first kappa shape index (κ1) is 14.1. The Hall–Kier alpha value is -2.29. The fourth-order valence-corrected chi connectivity index (χ4v) is 1.67. The maximum Gasteiger partial charge on any atom is 0.349 e. The van der Waals surface area contributed by atoms with Crippen molar-refractivity contribution in [2.45, 2.75) is 0 Å². The van der Waals surface area contributed by atoms with Crippen molar-refractivity contribution >= 4 is 27.6 Å². The van der Waals surface area contributed by atoms with Crippen LogP contribution in [0.1, 0.15) is 0 Å². The third kappa shape index (κ3) is 2.99. The molecule has 0 fully saturated rings. The van der Waals surface area contributed by atoms with Crippen LogP contribution in [0.25, 0.3) is 0 Å². The minimum absolute atomic E-state index is 0.0776. The summed E-state index contributed by atoms with van der Waals surface area (Å²) in [6, 6.07) is 3.75. The third-order valence-corrected chi connectivity index (χ3v) is 2.91. The number of rotatable bonds is 4. The lowest BCUT2D eigenvalue weighted by atomic mass is 10.3. The van der Waals surface area contributed by atoms with E-state index in [9.17, 15) is 14.5 Å². The van der Waals surface area contributed by atoms with Crippen LogP contribution in [0.2, 0.25) is 0 Å². The van der Waals surface area contributed by atoms with Crippen molar-refractivity contribution in [2.24, 2.45) is 0 Å². The lowest BCUT2D eigenvalue weighted by molar-refractivity contribution is -0.386. The van der Waals surface area contributed by atoms with Crippen LogP contribution >= 0.6 is 15.9 Å². The van der Waals surface area contributed by atoms with Crippen LogP contribution in [0.15, 0.2) is 28.9 Å². The summed E-state index contributed by atoms with van der Waals surface area (Å²) < 4.78 is 18.9. The van der Waals surface area contributed by atoms with E-state index in [4.69, 9.17) is 4.74 Å². The van der Waals surface area contributed by atoms with Crippen molar-refractivity contribution in [1.82, 2.24) is 9.97 Å². The quantitative estimate of drug-likeness (QED) is 0.678. The largest absolute Gasteiger partial charge is 0.432 e. The number of halogens is 2. The first-order valence-electron chi connectivity index (χ1n) is 5.33. The topological polar surface area (TPSA) is 90.2 Å². The lowest BCUT2D eigenvalue weighted by Gasteiger charge is -2.08. The number of nitro groups is 1. The van der Waals surface area contributed by atoms with Crippen molar-refractivity contribution in [3.05, 3.63) is 44.8 Å². The Kier molecular flexibility index (Phi) is 4.08. The molecule has 0 aliphatic carbocycles. The van der Waals surface area contributed by atoms with Gasteiger partial charge in [0.1, 0.15) is 17.8 Å². The summed E-state index contributed by atoms with van der Waals surface area (Å²) in [6.45, 7) is 0. The average molecular weight is 343 g/mol. The van der Waals surface area contributed by atoms with E-state index in [-0.39, 0.29) is 17.6 Å². The zero-order valence-electron chi connectivity index (χ0n) is 10.1. The van der Waals surface area contributed by atoms with Gasteiger partial charge >= 0.3 is 11.6 Å². The molecule has 0 unspecified atom stereocenters. The Morgan fingerprint density at radius 2 is 2.25 bits per heavy atom. The molecule has 20 heavy (non-hydrogen) atoms. The Morgan fingerprint density at radius 3 is 2.90 bits per heavy atom. The van der Waals surface area contributed by atoms with Crippen molar-refractivity contribution < 1.29 is 14.1 Å². The second-order valence-electron chi connectivity index (χ2n) is 3.57. The van der Waals surface area contributed by atoms with Crippen LogP contribution in [-0.4, -0.2) is 21.9 Å². The number of hydrogen-bond donors (Lipinski definition) is 1. The predicted octanol–water partition coefficient (Wildman–Crippen LogP) is 3.12. The summed E-state index contributed by atoms with van der Waals surface area (Å²) in [5, 5.41) is 13.5. The second kappa shape index (κ2) is 5.78. The Morgan fingerprint density at radius 1 is 1.50 bits per heavy atom. The second-order valence-corrected chi connectivity index (χ2v) is 4.42. The number of anilines is 1. The Labute approximate surface area is 121 Å². The van der Waals surface area contributed by atoms with E-state index < -0.39 is 16.4 Å². The molecule has 1 aromatic heterocycles. The third-order valence-electron chi connectivity index (χ3n) is 2.26. The molecule has 1 aromatic carbocycles. The van der Waals surface area contributed by atoms with Crippen LogP contribution in [0.5, 0.6) is 11.6 Å². The van der Waals surface area contributed by atoms with Gasteiger partial charge in [-0.2, -0.15) is 4.98 Å². The molecule has 0 saturated carbocycles. The van der Waals surface area contributed by atoms with Crippen molar-refractivity contribution in [1.29, 1.82) is 0 Å². The zero-order valence-corrected chi connectivity index (χ0v) is 11.7. The van der Waals surface area contributed by atoms with Gasteiger partial charge in [-0.3, -0.25) is 10.1 Å². The van der Waals surface area contributed by atoms with E-state index in [0.29, 0.717) is 4.47 Å². The SMILES string of the molecule is CNc1ncc([N+](=O)[O-])c(Oc2cc(F)ccc2Br)n1. The summed E-state index contributed by atoms with van der Waals surface area (Å²) in [7, 11) is 1.56. The molecule has 2 aromatic rings. The molecule has 104 valence electrons. The van der Waals surface area contributed by atoms with E-state index in [0.717, 1.165) is 12.3 Å². The molecule has 0 saturated heterocycles. The molecule has 1 N–H and O–H groups in total. The van der Waals surface area contributed by atoms with Gasteiger partial charge in [0.2, 0.25) is 5.95 Å². The highest BCUT2D eigenvalue weighted by Gasteiger charge is 2.20. The van der Waals surface area contributed by atoms with E-state index in [1.165, 1.54) is 12.1 Å². The first-order valence-corrected chi connectivity index (χ1v) is 6.12. The number of benzene rings is 1. The number of nitrogens with one attached hydrogen (secondary N) is 1. The summed E-state index contributed by atoms with van der Waals surface area (Å²) in [5.41, 5.74) is -0.417. The van der Waals surface area contributed by atoms with Crippen LogP contribution in [0, 0.1) is 15.9 Å². The minimum Gasteiger partial charge on any atom is -0.432 e. The monoisotopic (exact) mass is 342 g/mol. The van der Waals surface area contributed by atoms with Gasteiger partial charge in [-0.15, -0.1) is 0 Å². The van der Waals surface area contributed by atoms with Gasteiger partial charge < -0.3 is 10.1 Å². The number of nitrogens with zero attached hydrogens (tertiary/aromatic N) is 3. The number of aromatic nitrogens is 2. The van der Waals surface area contributed by atoms with Gasteiger partial charge in [-0.1, -0.05) is 0 Å². The molecule has 9 heteroatoms. The highest BCUT2D eigenvalue weighted by molar-refractivity contribution is 9.10. The standard InChI is InChI=1S/C11H8BrFN4O3/c1-14-11-15-5-8(17(18)19)10(16-11)20-9-4-6(13)2-3-7(9)12/h2-5H,1H3,(H,14,15,16). The highest BCUT2D eigenvalue weighted by Crippen LogP contribution is 2.34. The summed E-state index contributed by atoms with van der Waals surface area (Å²) >= 11 is 3.16. The molecule has 0 radical (unpaired) electrons. The molecular weight excluding hydrogens is 335 g/mol. The molecule has 0 spiro atoms. The molecule has 0 amide bonds. The molecule has 7 nitrogen and oxygen atoms in total. The van der Waals surface area contributed by atoms with Gasteiger partial charge in [0, 0.05) is 13.1 Å². The normalized spacial score (nSPS) is 10.2. The van der Waals surface area contributed by atoms with Crippen molar-refractivity contribution in [3.63, 3.8) is 0 Å². The van der Waals surface area contributed by atoms with Crippen molar-refractivity contribution in [2.75, 3.05) is 12.4 Å². The Bertz CT molecular complexity index is 668. The molecule has 0 aliphatic rings. The first-order chi connectivity index (χ1) is 9.51. The number of hydrogen-bond acceptors (Lipinski definition) is 6. The summed E-state index contributed by atoms with van der Waals surface area (Å²) in [5.74, 6) is -0.582. The van der Waals surface area contributed by atoms with E-state index >= 15 is 0 Å². The van der Waals surface area contributed by atoms with Crippen LogP contribution in [0.4, 0.5) is 16.0 Å². The number of ether oxygens (including phenoxy) is 1. The predicted molar refractivity (Wildman–Crippen MR) is 72.4 cm³/mol. The van der Waals surface area contributed by atoms with Gasteiger partial charge in [0.25, 0.3) is 0 Å². The summed E-state index contributed by atoms with van der Waals surface area (Å²) in [6.07, 6.45) is 1.02. The molecular formula is C11H8BrFN4O3. The highest BCUT2D eigenvalue weighted by atomic mass is 79.9. The van der Waals surface area contributed by atoms with Crippen LogP contribution in [0.3, 0.4) is 0 Å². The fraction of sp³-hybridized carbons (Fsp3) is 0.0909.